The number of halogens is 1. The fraction of sp³-hybridized carbons (Fsp3) is 0.192. The van der Waals surface area contributed by atoms with Crippen LogP contribution in [0.1, 0.15) is 18.9 Å². The fourth-order valence-corrected chi connectivity index (χ4v) is 4.41. The van der Waals surface area contributed by atoms with Crippen molar-refractivity contribution in [1.82, 2.24) is 4.90 Å². The van der Waals surface area contributed by atoms with Crippen LogP contribution in [0.2, 0.25) is 5.02 Å². The van der Waals surface area contributed by atoms with Gasteiger partial charge in [-0.25, -0.2) is 0 Å². The van der Waals surface area contributed by atoms with Gasteiger partial charge in [-0.1, -0.05) is 48.0 Å². The van der Waals surface area contributed by atoms with E-state index in [1.807, 2.05) is 55.5 Å². The Morgan fingerprint density at radius 3 is 2.38 bits per heavy atom. The molecule has 1 heterocycles. The van der Waals surface area contributed by atoms with Crippen LogP contribution < -0.4 is 15.0 Å². The molecular weight excluding hydrogens is 470 g/mol. The van der Waals surface area contributed by atoms with E-state index < -0.39 is 6.04 Å². The highest BCUT2D eigenvalue weighted by molar-refractivity contribution is 7.80. The minimum absolute atomic E-state index is 0.0556. The summed E-state index contributed by atoms with van der Waals surface area (Å²) in [6, 6.07) is 22.9. The first kappa shape index (κ1) is 23.7. The van der Waals surface area contributed by atoms with Crippen molar-refractivity contribution in [2.75, 3.05) is 16.8 Å². The van der Waals surface area contributed by atoms with Crippen LogP contribution in [0.3, 0.4) is 0 Å². The van der Waals surface area contributed by atoms with Gasteiger partial charge >= 0.3 is 0 Å². The van der Waals surface area contributed by atoms with Crippen LogP contribution in [0.25, 0.3) is 0 Å². The molecule has 0 radical (unpaired) electrons. The Balaban J connectivity index is 1.56. The first-order valence-electron chi connectivity index (χ1n) is 10.9. The number of nitrogens with zero attached hydrogens (tertiary/aromatic N) is 2. The van der Waals surface area contributed by atoms with Gasteiger partial charge < -0.3 is 15.0 Å². The van der Waals surface area contributed by atoms with Crippen LogP contribution in [0.15, 0.2) is 78.9 Å². The molecule has 0 bridgehead atoms. The van der Waals surface area contributed by atoms with Gasteiger partial charge in [-0.3, -0.25) is 14.5 Å². The van der Waals surface area contributed by atoms with E-state index >= 15 is 0 Å². The Morgan fingerprint density at radius 1 is 1.03 bits per heavy atom. The summed E-state index contributed by atoms with van der Waals surface area (Å²) in [5.41, 5.74) is 2.11. The largest absolute Gasteiger partial charge is 0.494 e. The molecule has 1 N–H and O–H groups in total. The summed E-state index contributed by atoms with van der Waals surface area (Å²) in [7, 11) is 0. The minimum atomic E-state index is -0.758. The summed E-state index contributed by atoms with van der Waals surface area (Å²) in [5, 5.41) is 3.78. The van der Waals surface area contributed by atoms with Crippen molar-refractivity contribution in [3.63, 3.8) is 0 Å². The average Bonchev–Trinajstić information content (AvgIpc) is 3.06. The molecule has 34 heavy (non-hydrogen) atoms. The van der Waals surface area contributed by atoms with Crippen LogP contribution >= 0.6 is 23.8 Å². The number of carbonyl (C=O) groups excluding carboxylic acids is 2. The molecule has 0 spiro atoms. The third kappa shape index (κ3) is 5.21. The van der Waals surface area contributed by atoms with E-state index in [4.69, 9.17) is 28.6 Å². The van der Waals surface area contributed by atoms with Gasteiger partial charge in [-0.2, -0.15) is 0 Å². The van der Waals surface area contributed by atoms with Gasteiger partial charge in [-0.05, 0) is 67.2 Å². The molecule has 174 valence electrons. The van der Waals surface area contributed by atoms with Gasteiger partial charge in [-0.15, -0.1) is 0 Å². The Labute approximate surface area is 209 Å². The summed E-state index contributed by atoms with van der Waals surface area (Å²) in [4.78, 5) is 29.7. The van der Waals surface area contributed by atoms with Gasteiger partial charge in [0.1, 0.15) is 11.8 Å². The third-order valence-electron chi connectivity index (χ3n) is 5.46. The van der Waals surface area contributed by atoms with E-state index in [9.17, 15) is 9.59 Å². The number of nitrogens with one attached hydrogen (secondary N) is 1. The third-order valence-corrected chi connectivity index (χ3v) is 6.25. The van der Waals surface area contributed by atoms with Crippen LogP contribution in [0.5, 0.6) is 5.75 Å². The minimum Gasteiger partial charge on any atom is -0.494 e. The first-order valence-corrected chi connectivity index (χ1v) is 11.7. The lowest BCUT2D eigenvalue weighted by molar-refractivity contribution is -0.124. The van der Waals surface area contributed by atoms with Crippen molar-refractivity contribution < 1.29 is 14.3 Å². The smallest absolute Gasteiger partial charge is 0.256 e. The van der Waals surface area contributed by atoms with Crippen molar-refractivity contribution in [1.29, 1.82) is 0 Å². The number of benzene rings is 3. The van der Waals surface area contributed by atoms with E-state index in [0.29, 0.717) is 34.7 Å². The Kier molecular flexibility index (Phi) is 7.45. The summed E-state index contributed by atoms with van der Waals surface area (Å²) >= 11 is 12.1. The van der Waals surface area contributed by atoms with E-state index in [2.05, 4.69) is 5.32 Å². The SMILES string of the molecule is CCOc1ccc(NC(=O)CC2C(=O)N(c3ccccc3)C(=S)N2Cc2ccccc2Cl)cc1. The van der Waals surface area contributed by atoms with Gasteiger partial charge in [0.15, 0.2) is 5.11 Å². The number of amides is 2. The number of para-hydroxylation sites is 1. The quantitative estimate of drug-likeness (QED) is 0.433. The molecule has 1 aliphatic heterocycles. The number of ether oxygens (including phenoxy) is 1. The van der Waals surface area contributed by atoms with Crippen LogP contribution in [-0.4, -0.2) is 34.5 Å². The van der Waals surface area contributed by atoms with E-state index in [1.54, 1.807) is 35.2 Å². The first-order chi connectivity index (χ1) is 16.5. The Bertz CT molecular complexity index is 1190. The predicted octanol–water partition coefficient (Wildman–Crippen LogP) is 5.27. The number of carbonyl (C=O) groups is 2. The summed E-state index contributed by atoms with van der Waals surface area (Å²) in [6.07, 6.45) is -0.0556. The normalized spacial score (nSPS) is 15.5. The molecule has 1 unspecified atom stereocenters. The molecule has 3 aromatic rings. The van der Waals surface area contributed by atoms with E-state index in [-0.39, 0.29) is 18.2 Å². The average molecular weight is 494 g/mol. The maximum Gasteiger partial charge on any atom is 0.256 e. The molecule has 1 atom stereocenters. The van der Waals surface area contributed by atoms with Crippen molar-refractivity contribution in [2.45, 2.75) is 25.9 Å². The lowest BCUT2D eigenvalue weighted by Gasteiger charge is -2.24. The molecular formula is C26H24ClN3O3S. The van der Waals surface area contributed by atoms with Crippen molar-refractivity contribution in [3.05, 3.63) is 89.4 Å². The molecule has 1 aliphatic rings. The molecule has 8 heteroatoms. The molecule has 3 aromatic carbocycles. The van der Waals surface area contributed by atoms with Gasteiger partial charge in [0.05, 0.1) is 18.7 Å². The number of rotatable bonds is 8. The van der Waals surface area contributed by atoms with Gasteiger partial charge in [0, 0.05) is 17.3 Å². The number of thiocarbonyl (C=S) groups is 1. The zero-order valence-corrected chi connectivity index (χ0v) is 20.2. The van der Waals surface area contributed by atoms with Crippen molar-refractivity contribution in [3.8, 4) is 5.75 Å². The highest BCUT2D eigenvalue weighted by atomic mass is 35.5. The molecule has 2 amide bonds. The molecule has 4 rings (SSSR count). The number of hydrogen-bond donors (Lipinski definition) is 1. The fourth-order valence-electron chi connectivity index (χ4n) is 3.83. The number of hydrogen-bond acceptors (Lipinski definition) is 4. The van der Waals surface area contributed by atoms with Crippen molar-refractivity contribution in [2.24, 2.45) is 0 Å². The predicted molar refractivity (Wildman–Crippen MR) is 138 cm³/mol. The van der Waals surface area contributed by atoms with E-state index in [1.165, 1.54) is 4.90 Å². The van der Waals surface area contributed by atoms with E-state index in [0.717, 1.165) is 11.3 Å². The Hall–Kier alpha value is -3.42. The summed E-state index contributed by atoms with van der Waals surface area (Å²) in [6.45, 7) is 2.79. The topological polar surface area (TPSA) is 61.9 Å². The zero-order valence-electron chi connectivity index (χ0n) is 18.6. The number of anilines is 2. The highest BCUT2D eigenvalue weighted by Crippen LogP contribution is 2.30. The maximum atomic E-state index is 13.5. The molecule has 0 aliphatic carbocycles. The molecule has 0 saturated carbocycles. The molecule has 1 fully saturated rings. The lowest BCUT2D eigenvalue weighted by atomic mass is 10.1. The van der Waals surface area contributed by atoms with Crippen LogP contribution in [0.4, 0.5) is 11.4 Å². The molecule has 1 saturated heterocycles. The van der Waals surface area contributed by atoms with Gasteiger partial charge in [0.25, 0.3) is 5.91 Å². The van der Waals surface area contributed by atoms with Gasteiger partial charge in [0.2, 0.25) is 5.91 Å². The Morgan fingerprint density at radius 2 is 1.71 bits per heavy atom. The monoisotopic (exact) mass is 493 g/mol. The summed E-state index contributed by atoms with van der Waals surface area (Å²) in [5.74, 6) is 0.190. The second kappa shape index (κ2) is 10.7. The summed E-state index contributed by atoms with van der Waals surface area (Å²) < 4.78 is 5.44. The molecule has 0 aromatic heterocycles. The van der Waals surface area contributed by atoms with Crippen molar-refractivity contribution >= 4 is 52.1 Å². The van der Waals surface area contributed by atoms with Crippen LogP contribution in [-0.2, 0) is 16.1 Å². The zero-order chi connectivity index (χ0) is 24.1. The second-order valence-corrected chi connectivity index (χ2v) is 8.51. The second-order valence-electron chi connectivity index (χ2n) is 7.74. The lowest BCUT2D eigenvalue weighted by Crippen LogP contribution is -2.37. The molecule has 6 nitrogen and oxygen atoms in total. The highest BCUT2D eigenvalue weighted by Gasteiger charge is 2.44. The van der Waals surface area contributed by atoms with Crippen LogP contribution in [0, 0.1) is 0 Å². The maximum absolute atomic E-state index is 13.5. The standard InChI is InChI=1S/C26H24ClN3O3S/c1-2-33-21-14-12-19(13-15-21)28-24(31)16-23-25(32)30(20-9-4-3-5-10-20)26(34)29(23)17-18-8-6-7-11-22(18)27/h3-15,23H,2,16-17H2,1H3,(H,28,31).